The van der Waals surface area contributed by atoms with Crippen molar-refractivity contribution in [3.63, 3.8) is 0 Å². The van der Waals surface area contributed by atoms with Gasteiger partial charge in [0.25, 0.3) is 0 Å². The summed E-state index contributed by atoms with van der Waals surface area (Å²) in [6.07, 6.45) is -14.9. The molecule has 2 atom stereocenters. The van der Waals surface area contributed by atoms with Crippen molar-refractivity contribution in [3.05, 3.63) is 77.0 Å². The Labute approximate surface area is 251 Å². The maximum atomic E-state index is 14.1. The average Bonchev–Trinajstić information content (AvgIpc) is 3.35. The summed E-state index contributed by atoms with van der Waals surface area (Å²) in [6.45, 7) is 1.80. The zero-order chi connectivity index (χ0) is 33.7. The third-order valence-corrected chi connectivity index (χ3v) is 7.80. The van der Waals surface area contributed by atoms with Crippen LogP contribution in [0.2, 0.25) is 0 Å². The Balaban J connectivity index is 1.88. The summed E-state index contributed by atoms with van der Waals surface area (Å²) in [5.74, 6) is -0.978. The van der Waals surface area contributed by atoms with Gasteiger partial charge in [-0.2, -0.15) is 39.5 Å². The highest BCUT2D eigenvalue weighted by atomic mass is 19.4. The number of anilines is 2. The van der Waals surface area contributed by atoms with E-state index in [4.69, 9.17) is 0 Å². The number of nitrogens with zero attached hydrogens (tertiary/aromatic N) is 3. The molecule has 0 unspecified atom stereocenters. The van der Waals surface area contributed by atoms with E-state index in [-0.39, 0.29) is 41.7 Å². The maximum Gasteiger partial charge on any atom is 0.417 e. The van der Waals surface area contributed by atoms with E-state index in [2.05, 4.69) is 4.98 Å². The predicted octanol–water partition coefficient (Wildman–Crippen LogP) is 6.68. The van der Waals surface area contributed by atoms with Crippen molar-refractivity contribution in [2.75, 3.05) is 30.0 Å². The van der Waals surface area contributed by atoms with Crippen molar-refractivity contribution in [1.82, 2.24) is 4.98 Å². The molecule has 4 rings (SSSR count). The number of β-amino-alcohol motifs (C(OH)–C–C–N with tert-alkyl or cyclic N) is 1. The molecule has 1 aliphatic heterocycles. The van der Waals surface area contributed by atoms with Gasteiger partial charge in [-0.15, -0.1) is 0 Å². The molecular formula is C30H28F9N3O3. The molecule has 2 N–H and O–H groups in total. The first kappa shape index (κ1) is 34.0. The van der Waals surface area contributed by atoms with Gasteiger partial charge in [-0.1, -0.05) is 18.2 Å². The minimum absolute atomic E-state index is 0.00316. The summed E-state index contributed by atoms with van der Waals surface area (Å²) < 4.78 is 124. The lowest BCUT2D eigenvalue weighted by Gasteiger charge is -2.32. The molecule has 244 valence electrons. The minimum Gasteiger partial charge on any atom is -0.394 e. The van der Waals surface area contributed by atoms with Gasteiger partial charge in [0, 0.05) is 19.2 Å². The number of pyridine rings is 1. The van der Waals surface area contributed by atoms with E-state index in [0.717, 1.165) is 50.2 Å². The van der Waals surface area contributed by atoms with Crippen LogP contribution in [0, 0.1) is 0 Å². The molecule has 2 heterocycles. The van der Waals surface area contributed by atoms with E-state index < -0.39 is 70.9 Å². The van der Waals surface area contributed by atoms with E-state index in [1.54, 1.807) is 0 Å². The zero-order valence-corrected chi connectivity index (χ0v) is 24.0. The molecule has 0 spiro atoms. The predicted molar refractivity (Wildman–Crippen MR) is 146 cm³/mol. The molecule has 2 aromatic carbocycles. The van der Waals surface area contributed by atoms with Gasteiger partial charge < -0.3 is 20.0 Å². The van der Waals surface area contributed by atoms with E-state index >= 15 is 0 Å². The van der Waals surface area contributed by atoms with Crippen LogP contribution in [-0.4, -0.2) is 53.4 Å². The molecular weight excluding hydrogens is 621 g/mol. The molecule has 1 aliphatic rings. The zero-order valence-electron chi connectivity index (χ0n) is 24.0. The monoisotopic (exact) mass is 649 g/mol. The largest absolute Gasteiger partial charge is 0.417 e. The number of amides is 1. The number of alkyl halides is 9. The Hall–Kier alpha value is -3.85. The summed E-state index contributed by atoms with van der Waals surface area (Å²) in [5.41, 5.74) is -7.82. The highest BCUT2D eigenvalue weighted by Crippen LogP contribution is 2.44. The lowest BCUT2D eigenvalue weighted by atomic mass is 9.81. The summed E-state index contributed by atoms with van der Waals surface area (Å²) in [5, 5.41) is 19.9. The third kappa shape index (κ3) is 6.88. The second-order valence-electron chi connectivity index (χ2n) is 11.3. The van der Waals surface area contributed by atoms with Gasteiger partial charge in [0.1, 0.15) is 5.82 Å². The van der Waals surface area contributed by atoms with Crippen LogP contribution >= 0.6 is 0 Å². The quantitative estimate of drug-likeness (QED) is 0.292. The molecule has 0 radical (unpaired) electrons. The first-order chi connectivity index (χ1) is 20.7. The van der Waals surface area contributed by atoms with Crippen molar-refractivity contribution >= 4 is 17.4 Å². The highest BCUT2D eigenvalue weighted by molar-refractivity contribution is 6.03. The molecule has 1 amide bonds. The van der Waals surface area contributed by atoms with Crippen LogP contribution in [0.25, 0.3) is 11.1 Å². The van der Waals surface area contributed by atoms with Gasteiger partial charge in [-0.3, -0.25) is 4.79 Å². The average molecular weight is 650 g/mol. The number of aliphatic hydroxyl groups is 2. The highest BCUT2D eigenvalue weighted by Gasteiger charge is 2.42. The van der Waals surface area contributed by atoms with Crippen LogP contribution in [0.15, 0.2) is 54.7 Å². The molecule has 1 saturated heterocycles. The van der Waals surface area contributed by atoms with Crippen molar-refractivity contribution < 1.29 is 54.5 Å². The molecule has 15 heteroatoms. The van der Waals surface area contributed by atoms with Crippen molar-refractivity contribution in [2.24, 2.45) is 0 Å². The summed E-state index contributed by atoms with van der Waals surface area (Å²) in [4.78, 5) is 20.4. The van der Waals surface area contributed by atoms with Crippen LogP contribution in [-0.2, 0) is 28.7 Å². The topological polar surface area (TPSA) is 76.9 Å². The fourth-order valence-electron chi connectivity index (χ4n) is 5.36. The first-order valence-electron chi connectivity index (χ1n) is 13.5. The van der Waals surface area contributed by atoms with Gasteiger partial charge in [-0.25, -0.2) is 4.98 Å². The SMILES string of the molecule is CN(C(=O)C(C)(C)c1cc(C(F)(F)F)cc(C(F)(F)F)c1)c1cnc(N2C[C@@H](O)C[C@H]2CO)cc1-c1ccccc1C(F)(F)F. The van der Waals surface area contributed by atoms with Crippen LogP contribution in [0.4, 0.5) is 51.0 Å². The van der Waals surface area contributed by atoms with Crippen molar-refractivity contribution in [2.45, 2.75) is 56.4 Å². The summed E-state index contributed by atoms with van der Waals surface area (Å²) >= 11 is 0. The smallest absolute Gasteiger partial charge is 0.394 e. The standard InChI is InChI=1S/C30H28F9N3O3/c1-27(2,16-8-17(28(31,32)33)10-18(9-16)29(34,35)36)26(45)41(3)24-13-40-25(42-14-20(44)11-19(42)15-43)12-22(24)21-6-4-5-7-23(21)30(37,38)39/h4-10,12-13,19-20,43-44H,11,14-15H2,1-3H3/t19-,20-/m0/s1. The number of aliphatic hydroxyl groups excluding tert-OH is 2. The van der Waals surface area contributed by atoms with Gasteiger partial charge in [-0.05, 0) is 61.7 Å². The Morgan fingerprint density at radius 3 is 1.98 bits per heavy atom. The Morgan fingerprint density at radius 1 is 0.889 bits per heavy atom. The first-order valence-corrected chi connectivity index (χ1v) is 13.5. The molecule has 0 bridgehead atoms. The number of aromatic nitrogens is 1. The lowest BCUT2D eigenvalue weighted by Crippen LogP contribution is -2.42. The Kier molecular flexibility index (Phi) is 8.94. The minimum atomic E-state index is -5.18. The fraction of sp³-hybridized carbons (Fsp3) is 0.400. The molecule has 3 aromatic rings. The number of likely N-dealkylation sites (N-methyl/N-ethyl adjacent to an activating group) is 1. The number of hydrogen-bond donors (Lipinski definition) is 2. The van der Waals surface area contributed by atoms with Crippen LogP contribution < -0.4 is 9.80 Å². The van der Waals surface area contributed by atoms with Crippen LogP contribution in [0.3, 0.4) is 0 Å². The normalized spacial score (nSPS) is 18.0. The van der Waals surface area contributed by atoms with Crippen molar-refractivity contribution in [3.8, 4) is 11.1 Å². The fourth-order valence-corrected chi connectivity index (χ4v) is 5.36. The number of carbonyl (C=O) groups excluding carboxylic acids is 1. The number of hydrogen-bond acceptors (Lipinski definition) is 5. The summed E-state index contributed by atoms with van der Waals surface area (Å²) in [7, 11) is 1.12. The van der Waals surface area contributed by atoms with Gasteiger partial charge in [0.05, 0.1) is 52.7 Å². The van der Waals surface area contributed by atoms with Gasteiger partial charge in [0.2, 0.25) is 5.91 Å². The van der Waals surface area contributed by atoms with E-state index in [1.165, 1.54) is 17.0 Å². The Morgan fingerprint density at radius 2 is 1.44 bits per heavy atom. The van der Waals surface area contributed by atoms with Gasteiger partial charge >= 0.3 is 18.5 Å². The molecule has 6 nitrogen and oxygen atoms in total. The molecule has 45 heavy (non-hydrogen) atoms. The number of halogens is 9. The maximum absolute atomic E-state index is 14.1. The second kappa shape index (κ2) is 11.8. The van der Waals surface area contributed by atoms with E-state index in [9.17, 15) is 54.5 Å². The van der Waals surface area contributed by atoms with Crippen LogP contribution in [0.5, 0.6) is 0 Å². The second-order valence-corrected chi connectivity index (χ2v) is 11.3. The lowest BCUT2D eigenvalue weighted by molar-refractivity contribution is -0.143. The molecule has 1 fully saturated rings. The van der Waals surface area contributed by atoms with Gasteiger partial charge in [0.15, 0.2) is 0 Å². The van der Waals surface area contributed by atoms with E-state index in [1.807, 2.05) is 0 Å². The molecule has 0 saturated carbocycles. The summed E-state index contributed by atoms with van der Waals surface area (Å²) in [6, 6.07) is 5.80. The molecule has 1 aromatic heterocycles. The van der Waals surface area contributed by atoms with E-state index in [0.29, 0.717) is 12.1 Å². The molecule has 0 aliphatic carbocycles. The number of carbonyl (C=O) groups is 1. The van der Waals surface area contributed by atoms with Crippen LogP contribution in [0.1, 0.15) is 42.5 Å². The van der Waals surface area contributed by atoms with Crippen molar-refractivity contribution in [1.29, 1.82) is 0 Å². The Bertz CT molecular complexity index is 1540. The third-order valence-electron chi connectivity index (χ3n) is 7.80. The number of benzene rings is 2. The number of rotatable bonds is 6.